The average Bonchev–Trinajstić information content (AvgIpc) is 3.07. The molecule has 2 heterocycles. The predicted octanol–water partition coefficient (Wildman–Crippen LogP) is 2.49. The minimum Gasteiger partial charge on any atom is -0.454 e. The van der Waals surface area contributed by atoms with Gasteiger partial charge in [-0.05, 0) is 17.7 Å². The number of carbonyl (C=O) groups is 1. The normalized spacial score (nSPS) is 11.3. The van der Waals surface area contributed by atoms with Gasteiger partial charge in [-0.25, -0.2) is 14.5 Å². The smallest absolute Gasteiger partial charge is 0.416 e. The van der Waals surface area contributed by atoms with Crippen molar-refractivity contribution in [3.05, 3.63) is 71.6 Å². The summed E-state index contributed by atoms with van der Waals surface area (Å²) in [6.45, 7) is 0.131. The fraction of sp³-hybridized carbons (Fsp3) is 0.188. The van der Waals surface area contributed by atoms with Crippen molar-refractivity contribution in [3.63, 3.8) is 0 Å². The van der Waals surface area contributed by atoms with Gasteiger partial charge in [-0.2, -0.15) is 13.2 Å². The van der Waals surface area contributed by atoms with Gasteiger partial charge in [-0.15, -0.1) is 5.10 Å². The molecule has 0 saturated heterocycles. The number of ether oxygens (including phenoxy) is 1. The highest BCUT2D eigenvalue weighted by atomic mass is 19.4. The van der Waals surface area contributed by atoms with Crippen LogP contribution in [0.2, 0.25) is 0 Å². The molecule has 0 bridgehead atoms. The summed E-state index contributed by atoms with van der Waals surface area (Å²) in [6, 6.07) is 4.77. The molecule has 0 aliphatic carbocycles. The second-order valence-corrected chi connectivity index (χ2v) is 5.27. The zero-order chi connectivity index (χ0) is 18.6. The van der Waals surface area contributed by atoms with E-state index >= 15 is 0 Å². The molecular weight excluding hydrogens is 351 g/mol. The monoisotopic (exact) mass is 363 g/mol. The maximum atomic E-state index is 12.5. The second-order valence-electron chi connectivity index (χ2n) is 5.27. The number of benzene rings is 1. The van der Waals surface area contributed by atoms with E-state index in [9.17, 15) is 18.0 Å². The standard InChI is InChI=1S/C16H12F3N5O2/c17-16(18,19)12-3-1-11(2-4-12)8-24-9-13(22-23-24)10-26-15(25)14-7-20-5-6-21-14/h1-7,9H,8,10H2. The third-order valence-corrected chi connectivity index (χ3v) is 3.34. The number of hydrogen-bond donors (Lipinski definition) is 0. The highest BCUT2D eigenvalue weighted by Gasteiger charge is 2.29. The number of halogens is 3. The second kappa shape index (κ2) is 7.30. The molecule has 3 rings (SSSR count). The largest absolute Gasteiger partial charge is 0.454 e. The maximum absolute atomic E-state index is 12.5. The molecule has 10 heteroatoms. The summed E-state index contributed by atoms with van der Waals surface area (Å²) in [5, 5.41) is 7.71. The van der Waals surface area contributed by atoms with Gasteiger partial charge in [0, 0.05) is 12.4 Å². The van der Waals surface area contributed by atoms with Crippen LogP contribution in [0.15, 0.2) is 49.1 Å². The van der Waals surface area contributed by atoms with Crippen LogP contribution in [0.25, 0.3) is 0 Å². The Balaban J connectivity index is 1.57. The Kier molecular flexibility index (Phi) is 4.92. The first-order chi connectivity index (χ1) is 12.4. The Morgan fingerprint density at radius 1 is 1.15 bits per heavy atom. The van der Waals surface area contributed by atoms with Crippen molar-refractivity contribution in [1.82, 2.24) is 25.0 Å². The number of hydrogen-bond acceptors (Lipinski definition) is 6. The van der Waals surface area contributed by atoms with Crippen molar-refractivity contribution in [2.75, 3.05) is 0 Å². The number of aromatic nitrogens is 5. The first-order valence-corrected chi connectivity index (χ1v) is 7.40. The van der Waals surface area contributed by atoms with E-state index in [1.54, 1.807) is 6.20 Å². The number of nitrogens with zero attached hydrogens (tertiary/aromatic N) is 5. The molecule has 0 atom stereocenters. The van der Waals surface area contributed by atoms with Crippen LogP contribution in [0.5, 0.6) is 0 Å². The molecular formula is C16H12F3N5O2. The van der Waals surface area contributed by atoms with Gasteiger partial charge in [0.2, 0.25) is 0 Å². The molecule has 0 N–H and O–H groups in total. The van der Waals surface area contributed by atoms with Crippen molar-refractivity contribution < 1.29 is 22.7 Å². The molecule has 0 aliphatic heterocycles. The molecule has 1 aromatic carbocycles. The van der Waals surface area contributed by atoms with E-state index in [2.05, 4.69) is 20.3 Å². The Morgan fingerprint density at radius 3 is 2.58 bits per heavy atom. The van der Waals surface area contributed by atoms with Gasteiger partial charge in [0.05, 0.1) is 24.5 Å². The van der Waals surface area contributed by atoms with Crippen molar-refractivity contribution in [3.8, 4) is 0 Å². The molecule has 2 aromatic heterocycles. The fourth-order valence-electron chi connectivity index (χ4n) is 2.09. The SMILES string of the molecule is O=C(OCc1cn(Cc2ccc(C(F)(F)F)cc2)nn1)c1cnccn1. The maximum Gasteiger partial charge on any atom is 0.416 e. The van der Waals surface area contributed by atoms with Gasteiger partial charge in [0.15, 0.2) is 5.69 Å². The average molecular weight is 363 g/mol. The Bertz CT molecular complexity index is 879. The molecule has 7 nitrogen and oxygen atoms in total. The highest BCUT2D eigenvalue weighted by Crippen LogP contribution is 2.29. The molecule has 26 heavy (non-hydrogen) atoms. The van der Waals surface area contributed by atoms with E-state index in [0.717, 1.165) is 12.1 Å². The van der Waals surface area contributed by atoms with Gasteiger partial charge < -0.3 is 4.74 Å². The highest BCUT2D eigenvalue weighted by molar-refractivity contribution is 5.86. The van der Waals surface area contributed by atoms with Gasteiger partial charge in [-0.1, -0.05) is 17.3 Å². The Morgan fingerprint density at radius 2 is 1.92 bits per heavy atom. The van der Waals surface area contributed by atoms with Gasteiger partial charge >= 0.3 is 12.1 Å². The lowest BCUT2D eigenvalue weighted by atomic mass is 10.1. The van der Waals surface area contributed by atoms with Crippen LogP contribution < -0.4 is 0 Å². The van der Waals surface area contributed by atoms with Crippen LogP contribution in [-0.4, -0.2) is 30.9 Å². The molecule has 0 unspecified atom stereocenters. The Hall–Kier alpha value is -3.30. The minimum absolute atomic E-state index is 0.0737. The number of esters is 1. The van der Waals surface area contributed by atoms with E-state index < -0.39 is 17.7 Å². The van der Waals surface area contributed by atoms with Crippen molar-refractivity contribution >= 4 is 5.97 Å². The number of rotatable bonds is 5. The van der Waals surface area contributed by atoms with E-state index in [0.29, 0.717) is 11.3 Å². The molecule has 0 spiro atoms. The lowest BCUT2D eigenvalue weighted by Crippen LogP contribution is -2.07. The molecule has 0 fully saturated rings. The lowest BCUT2D eigenvalue weighted by Gasteiger charge is -2.07. The third-order valence-electron chi connectivity index (χ3n) is 3.34. The van der Waals surface area contributed by atoms with Crippen molar-refractivity contribution in [2.24, 2.45) is 0 Å². The van der Waals surface area contributed by atoms with Crippen molar-refractivity contribution in [2.45, 2.75) is 19.3 Å². The predicted molar refractivity (Wildman–Crippen MR) is 81.7 cm³/mol. The molecule has 134 valence electrons. The van der Waals surface area contributed by atoms with Crippen LogP contribution >= 0.6 is 0 Å². The van der Waals surface area contributed by atoms with Crippen LogP contribution in [0.3, 0.4) is 0 Å². The van der Waals surface area contributed by atoms with Gasteiger partial charge in [-0.3, -0.25) is 4.98 Å². The summed E-state index contributed by atoms with van der Waals surface area (Å²) >= 11 is 0. The van der Waals surface area contributed by atoms with Crippen molar-refractivity contribution in [1.29, 1.82) is 0 Å². The summed E-state index contributed by atoms with van der Waals surface area (Å²) in [5.74, 6) is -0.643. The Labute approximate surface area is 145 Å². The summed E-state index contributed by atoms with van der Waals surface area (Å²) < 4.78 is 44.1. The van der Waals surface area contributed by atoms with Crippen LogP contribution in [0, 0.1) is 0 Å². The number of carbonyl (C=O) groups excluding carboxylic acids is 1. The first-order valence-electron chi connectivity index (χ1n) is 7.40. The summed E-state index contributed by atoms with van der Waals surface area (Å²) in [4.78, 5) is 19.3. The quantitative estimate of drug-likeness (QED) is 0.648. The van der Waals surface area contributed by atoms with E-state index in [1.807, 2.05) is 0 Å². The van der Waals surface area contributed by atoms with E-state index in [1.165, 1.54) is 35.4 Å². The van der Waals surface area contributed by atoms with E-state index in [-0.39, 0.29) is 18.8 Å². The van der Waals surface area contributed by atoms with Gasteiger partial charge in [0.25, 0.3) is 0 Å². The molecule has 0 amide bonds. The first kappa shape index (κ1) is 17.5. The van der Waals surface area contributed by atoms with Crippen LogP contribution in [0.4, 0.5) is 13.2 Å². The third kappa shape index (κ3) is 4.41. The molecule has 0 aliphatic rings. The summed E-state index contributed by atoms with van der Waals surface area (Å²) in [7, 11) is 0. The topological polar surface area (TPSA) is 82.8 Å². The summed E-state index contributed by atoms with van der Waals surface area (Å²) in [5.41, 5.74) is 0.390. The fourth-order valence-corrected chi connectivity index (χ4v) is 2.09. The summed E-state index contributed by atoms with van der Waals surface area (Å²) in [6.07, 6.45) is 1.26. The molecule has 0 radical (unpaired) electrons. The minimum atomic E-state index is -4.37. The number of alkyl halides is 3. The zero-order valence-electron chi connectivity index (χ0n) is 13.2. The van der Waals surface area contributed by atoms with E-state index in [4.69, 9.17) is 4.74 Å². The van der Waals surface area contributed by atoms with Gasteiger partial charge in [0.1, 0.15) is 12.3 Å². The van der Waals surface area contributed by atoms with Crippen LogP contribution in [0.1, 0.15) is 27.3 Å². The van der Waals surface area contributed by atoms with Crippen LogP contribution in [-0.2, 0) is 24.1 Å². The zero-order valence-corrected chi connectivity index (χ0v) is 13.2. The molecule has 0 saturated carbocycles. The lowest BCUT2D eigenvalue weighted by molar-refractivity contribution is -0.137. The molecule has 3 aromatic rings.